The van der Waals surface area contributed by atoms with Crippen LogP contribution in [0.2, 0.25) is 0 Å². The minimum Gasteiger partial charge on any atom is -0.480 e. The Kier molecular flexibility index (Phi) is 1.85. The molecule has 0 amide bonds. The molecule has 0 spiro atoms. The summed E-state index contributed by atoms with van der Waals surface area (Å²) in [7, 11) is 0. The van der Waals surface area contributed by atoms with Crippen LogP contribution < -0.4 is 5.32 Å². The van der Waals surface area contributed by atoms with Gasteiger partial charge in [-0.25, -0.2) is 8.78 Å². The molecule has 2 atom stereocenters. The van der Waals surface area contributed by atoms with Gasteiger partial charge in [0.25, 0.3) is 0 Å². The van der Waals surface area contributed by atoms with E-state index in [1.54, 1.807) is 0 Å². The number of hydrogen-bond donors (Lipinski definition) is 2. The molecule has 2 unspecified atom stereocenters. The van der Waals surface area contributed by atoms with Crippen LogP contribution in [0.1, 0.15) is 0 Å². The molecule has 0 heterocycles. The predicted octanol–water partition coefficient (Wildman–Crippen LogP) is -0.281. The quantitative estimate of drug-likeness (QED) is 0.583. The van der Waals surface area contributed by atoms with Crippen molar-refractivity contribution in [3.63, 3.8) is 0 Å². The molecule has 0 aromatic heterocycles. The minimum absolute atomic E-state index is 0.383. The summed E-state index contributed by atoms with van der Waals surface area (Å²) in [4.78, 5) is 9.84. The van der Waals surface area contributed by atoms with E-state index in [1.807, 2.05) is 0 Å². The molecule has 5 heteroatoms. The Balaban J connectivity index is 2.11. The van der Waals surface area contributed by atoms with Gasteiger partial charge in [-0.15, -0.1) is 0 Å². The van der Waals surface area contributed by atoms with E-state index in [9.17, 15) is 13.6 Å². The Morgan fingerprint density at radius 3 is 2.30 bits per heavy atom. The van der Waals surface area contributed by atoms with Crippen molar-refractivity contribution in [1.29, 1.82) is 0 Å². The van der Waals surface area contributed by atoms with Crippen LogP contribution in [0.15, 0.2) is 0 Å². The Hall–Kier alpha value is -0.710. The molecule has 0 aliphatic heterocycles. The fourth-order valence-electron chi connectivity index (χ4n) is 0.670. The number of nitrogens with one attached hydrogen (secondary N) is 1. The van der Waals surface area contributed by atoms with Crippen molar-refractivity contribution < 1.29 is 18.7 Å². The van der Waals surface area contributed by atoms with Crippen LogP contribution in [-0.2, 0) is 4.79 Å². The van der Waals surface area contributed by atoms with Gasteiger partial charge < -0.3 is 5.11 Å². The molecular weight excluding hydrogens is 144 g/mol. The van der Waals surface area contributed by atoms with Crippen LogP contribution in [0.25, 0.3) is 0 Å². The van der Waals surface area contributed by atoms with E-state index in [1.165, 1.54) is 0 Å². The van der Waals surface area contributed by atoms with Gasteiger partial charge in [0, 0.05) is 0 Å². The fraction of sp³-hybridized carbons (Fsp3) is 0.800. The average molecular weight is 151 g/mol. The Bertz CT molecular complexity index is 145. The lowest BCUT2D eigenvalue weighted by Crippen LogP contribution is -2.26. The predicted molar refractivity (Wildman–Crippen MR) is 29.2 cm³/mol. The molecule has 0 aromatic rings. The standard InChI is InChI=1S/C5H7F2NO2/c6-3-4(7)5(3)8-1-2(9)10/h3-5,8H,1H2,(H,9,10). The topological polar surface area (TPSA) is 49.3 Å². The van der Waals surface area contributed by atoms with Gasteiger partial charge in [-0.1, -0.05) is 0 Å². The molecule has 2 N–H and O–H groups in total. The smallest absolute Gasteiger partial charge is 0.317 e. The third-order valence-electron chi connectivity index (χ3n) is 1.34. The number of hydrogen-bond acceptors (Lipinski definition) is 2. The fourth-order valence-corrected chi connectivity index (χ4v) is 0.670. The second-order valence-electron chi connectivity index (χ2n) is 2.19. The summed E-state index contributed by atoms with van der Waals surface area (Å²) in [5, 5.41) is 10.3. The number of alkyl halides is 2. The van der Waals surface area contributed by atoms with E-state index in [0.29, 0.717) is 0 Å². The molecule has 58 valence electrons. The first-order valence-electron chi connectivity index (χ1n) is 2.86. The van der Waals surface area contributed by atoms with E-state index in [2.05, 4.69) is 5.32 Å². The zero-order chi connectivity index (χ0) is 7.72. The van der Waals surface area contributed by atoms with Crippen LogP contribution in [-0.4, -0.2) is 36.0 Å². The molecule has 0 aromatic carbocycles. The largest absolute Gasteiger partial charge is 0.480 e. The summed E-state index contributed by atoms with van der Waals surface area (Å²) in [5.41, 5.74) is 0. The third-order valence-corrected chi connectivity index (χ3v) is 1.34. The van der Waals surface area contributed by atoms with Gasteiger partial charge in [0.15, 0.2) is 12.3 Å². The summed E-state index contributed by atoms with van der Waals surface area (Å²) < 4.78 is 24.0. The van der Waals surface area contributed by atoms with Crippen molar-refractivity contribution in [1.82, 2.24) is 5.32 Å². The monoisotopic (exact) mass is 151 g/mol. The number of carboxylic acids is 1. The van der Waals surface area contributed by atoms with Crippen LogP contribution >= 0.6 is 0 Å². The molecule has 1 aliphatic carbocycles. The molecule has 1 fully saturated rings. The number of aliphatic carboxylic acids is 1. The maximum absolute atomic E-state index is 12.0. The first kappa shape index (κ1) is 7.40. The first-order chi connectivity index (χ1) is 4.63. The van der Waals surface area contributed by atoms with E-state index in [-0.39, 0.29) is 6.54 Å². The summed E-state index contributed by atoms with van der Waals surface area (Å²) in [6.45, 7) is -0.383. The van der Waals surface area contributed by atoms with Crippen molar-refractivity contribution in [2.45, 2.75) is 18.4 Å². The van der Waals surface area contributed by atoms with Crippen LogP contribution in [0.5, 0.6) is 0 Å². The van der Waals surface area contributed by atoms with Gasteiger partial charge in [-0.2, -0.15) is 0 Å². The van der Waals surface area contributed by atoms with Crippen molar-refractivity contribution in [2.75, 3.05) is 6.54 Å². The summed E-state index contributed by atoms with van der Waals surface area (Å²) in [6, 6.07) is -0.893. The van der Waals surface area contributed by atoms with Crippen molar-refractivity contribution in [2.24, 2.45) is 0 Å². The lowest BCUT2D eigenvalue weighted by atomic mass is 10.6. The molecule has 0 bridgehead atoms. The van der Waals surface area contributed by atoms with E-state index < -0.39 is 24.4 Å². The van der Waals surface area contributed by atoms with E-state index >= 15 is 0 Å². The van der Waals surface area contributed by atoms with Crippen molar-refractivity contribution >= 4 is 5.97 Å². The number of rotatable bonds is 3. The first-order valence-corrected chi connectivity index (χ1v) is 2.86. The Labute approximate surface area is 56.0 Å². The Morgan fingerprint density at radius 2 is 2.00 bits per heavy atom. The van der Waals surface area contributed by atoms with Crippen LogP contribution in [0.3, 0.4) is 0 Å². The zero-order valence-corrected chi connectivity index (χ0v) is 5.05. The molecule has 0 radical (unpaired) electrons. The highest BCUT2D eigenvalue weighted by Crippen LogP contribution is 2.29. The summed E-state index contributed by atoms with van der Waals surface area (Å²) in [6.07, 6.45) is -3.03. The van der Waals surface area contributed by atoms with Crippen LogP contribution in [0.4, 0.5) is 8.78 Å². The average Bonchev–Trinajstić information content (AvgIpc) is 2.38. The number of halogens is 2. The molecule has 1 aliphatic rings. The molecular formula is C5H7F2NO2. The lowest BCUT2D eigenvalue weighted by Gasteiger charge is -1.93. The normalized spacial score (nSPS) is 37.6. The van der Waals surface area contributed by atoms with Gasteiger partial charge >= 0.3 is 5.97 Å². The molecule has 1 rings (SSSR count). The highest BCUT2D eigenvalue weighted by atomic mass is 19.2. The second kappa shape index (κ2) is 2.49. The molecule has 0 saturated heterocycles. The molecule has 10 heavy (non-hydrogen) atoms. The van der Waals surface area contributed by atoms with Crippen LogP contribution in [0, 0.1) is 0 Å². The van der Waals surface area contributed by atoms with E-state index in [4.69, 9.17) is 5.11 Å². The lowest BCUT2D eigenvalue weighted by molar-refractivity contribution is -0.136. The van der Waals surface area contributed by atoms with Crippen molar-refractivity contribution in [3.05, 3.63) is 0 Å². The Morgan fingerprint density at radius 1 is 1.50 bits per heavy atom. The summed E-state index contributed by atoms with van der Waals surface area (Å²) >= 11 is 0. The van der Waals surface area contributed by atoms with Crippen molar-refractivity contribution in [3.8, 4) is 0 Å². The maximum Gasteiger partial charge on any atom is 0.317 e. The number of carbonyl (C=O) groups is 1. The van der Waals surface area contributed by atoms with Gasteiger partial charge in [0.05, 0.1) is 12.6 Å². The molecule has 3 nitrogen and oxygen atoms in total. The number of carboxylic acid groups (broad SMARTS) is 1. The van der Waals surface area contributed by atoms with Gasteiger partial charge in [0.2, 0.25) is 0 Å². The SMILES string of the molecule is O=C(O)CNC1C(F)C1F. The van der Waals surface area contributed by atoms with Gasteiger partial charge in [-0.05, 0) is 0 Å². The maximum atomic E-state index is 12.0. The molecule has 1 saturated carbocycles. The zero-order valence-electron chi connectivity index (χ0n) is 5.05. The summed E-state index contributed by atoms with van der Waals surface area (Å²) in [5.74, 6) is -1.11. The highest BCUT2D eigenvalue weighted by molar-refractivity contribution is 5.69. The van der Waals surface area contributed by atoms with E-state index in [0.717, 1.165) is 0 Å². The van der Waals surface area contributed by atoms with Gasteiger partial charge in [0.1, 0.15) is 0 Å². The minimum atomic E-state index is -1.51. The second-order valence-corrected chi connectivity index (χ2v) is 2.19. The van der Waals surface area contributed by atoms with Gasteiger partial charge in [-0.3, -0.25) is 10.1 Å². The highest BCUT2D eigenvalue weighted by Gasteiger charge is 2.52. The third kappa shape index (κ3) is 1.41.